The van der Waals surface area contributed by atoms with E-state index in [9.17, 15) is 9.18 Å². The van der Waals surface area contributed by atoms with Gasteiger partial charge in [-0.15, -0.1) is 0 Å². The molecule has 9 heteroatoms. The van der Waals surface area contributed by atoms with E-state index in [1.165, 1.54) is 24.5 Å². The van der Waals surface area contributed by atoms with Crippen molar-refractivity contribution < 1.29 is 13.9 Å². The number of rotatable bonds is 5. The number of nitrogens with two attached hydrogens (primary N) is 1. The van der Waals surface area contributed by atoms with Crippen molar-refractivity contribution >= 4 is 22.8 Å². The molecule has 0 aliphatic carbocycles. The molecule has 35 heavy (non-hydrogen) atoms. The van der Waals surface area contributed by atoms with Crippen molar-refractivity contribution in [1.82, 2.24) is 24.6 Å². The molecule has 1 unspecified atom stereocenters. The van der Waals surface area contributed by atoms with Crippen LogP contribution in [0, 0.1) is 12.7 Å². The van der Waals surface area contributed by atoms with Gasteiger partial charge in [0.15, 0.2) is 5.65 Å². The zero-order chi connectivity index (χ0) is 24.5. The summed E-state index contributed by atoms with van der Waals surface area (Å²) in [4.78, 5) is 22.7. The van der Waals surface area contributed by atoms with Crippen LogP contribution < -0.4 is 10.5 Å². The molecule has 178 valence electrons. The number of benzene rings is 2. The van der Waals surface area contributed by atoms with Crippen LogP contribution in [0.2, 0.25) is 0 Å². The highest BCUT2D eigenvalue weighted by Crippen LogP contribution is 2.36. The van der Waals surface area contributed by atoms with Crippen LogP contribution in [-0.4, -0.2) is 43.6 Å². The first-order valence-corrected chi connectivity index (χ1v) is 11.4. The molecular weight excluding hydrogens is 447 g/mol. The largest absolute Gasteiger partial charge is 0.457 e. The van der Waals surface area contributed by atoms with Crippen LogP contribution in [0.3, 0.4) is 0 Å². The minimum absolute atomic E-state index is 0.0413. The Kier molecular flexibility index (Phi) is 5.90. The molecule has 1 aliphatic heterocycles. The number of ether oxygens (including phenoxy) is 1. The van der Waals surface area contributed by atoms with Crippen LogP contribution in [0.1, 0.15) is 24.4 Å². The predicted octanol–water partition coefficient (Wildman–Crippen LogP) is 4.66. The second-order valence-corrected chi connectivity index (χ2v) is 8.57. The molecule has 8 nitrogen and oxygen atoms in total. The fourth-order valence-corrected chi connectivity index (χ4v) is 4.48. The number of carbonyl (C=O) groups excluding carboxylic acids is 1. The lowest BCUT2D eigenvalue weighted by Gasteiger charge is -2.32. The van der Waals surface area contributed by atoms with Crippen molar-refractivity contribution in [3.8, 4) is 22.8 Å². The van der Waals surface area contributed by atoms with Gasteiger partial charge in [-0.1, -0.05) is 6.58 Å². The Balaban J connectivity index is 1.52. The highest BCUT2D eigenvalue weighted by atomic mass is 19.1. The average molecular weight is 473 g/mol. The molecule has 0 spiro atoms. The van der Waals surface area contributed by atoms with E-state index in [-0.39, 0.29) is 17.8 Å². The van der Waals surface area contributed by atoms with Gasteiger partial charge in [-0.2, -0.15) is 5.10 Å². The average Bonchev–Trinajstić information content (AvgIpc) is 3.27. The molecule has 0 saturated carbocycles. The molecule has 1 aliphatic rings. The molecule has 1 saturated heterocycles. The van der Waals surface area contributed by atoms with E-state index >= 15 is 0 Å². The van der Waals surface area contributed by atoms with E-state index in [2.05, 4.69) is 16.5 Å². The van der Waals surface area contributed by atoms with Crippen molar-refractivity contribution in [2.75, 3.05) is 18.8 Å². The van der Waals surface area contributed by atoms with Gasteiger partial charge in [0.05, 0.1) is 11.4 Å². The van der Waals surface area contributed by atoms with Crippen LogP contribution in [0.15, 0.2) is 61.4 Å². The first kappa shape index (κ1) is 22.5. The van der Waals surface area contributed by atoms with Gasteiger partial charge in [-0.05, 0) is 73.9 Å². The van der Waals surface area contributed by atoms with Crippen molar-refractivity contribution in [2.45, 2.75) is 25.8 Å². The molecule has 4 aromatic rings. The van der Waals surface area contributed by atoms with Crippen LogP contribution in [0.4, 0.5) is 10.2 Å². The number of halogens is 1. The van der Waals surface area contributed by atoms with E-state index in [1.807, 2.05) is 29.8 Å². The molecule has 5 rings (SSSR count). The SMILES string of the molecule is C=CC(=O)N1CCCC(n2nc(-c3ccc(Oc4ccc(F)cc4)c(C)c3)c3c(N)ncnc32)C1. The summed E-state index contributed by atoms with van der Waals surface area (Å²) in [5.74, 6) is 1.13. The van der Waals surface area contributed by atoms with Gasteiger partial charge in [0.1, 0.15) is 35.2 Å². The third kappa shape index (κ3) is 4.32. The number of nitrogen functional groups attached to an aromatic ring is 1. The molecule has 2 aromatic carbocycles. The third-order valence-electron chi connectivity index (χ3n) is 6.24. The number of piperidine rings is 1. The molecule has 1 fully saturated rings. The Morgan fingerprint density at radius 3 is 2.77 bits per heavy atom. The number of aromatic nitrogens is 4. The quantitative estimate of drug-likeness (QED) is 0.424. The summed E-state index contributed by atoms with van der Waals surface area (Å²) < 4.78 is 21.0. The van der Waals surface area contributed by atoms with E-state index in [0.29, 0.717) is 47.1 Å². The van der Waals surface area contributed by atoms with E-state index in [0.717, 1.165) is 24.0 Å². The molecule has 0 bridgehead atoms. The van der Waals surface area contributed by atoms with Gasteiger partial charge in [-0.25, -0.2) is 19.0 Å². The Morgan fingerprint density at radius 2 is 2.03 bits per heavy atom. The lowest BCUT2D eigenvalue weighted by atomic mass is 10.1. The number of hydrogen-bond acceptors (Lipinski definition) is 6. The molecular formula is C26H25FN6O2. The first-order valence-electron chi connectivity index (χ1n) is 11.4. The van der Waals surface area contributed by atoms with Crippen molar-refractivity contribution in [3.63, 3.8) is 0 Å². The van der Waals surface area contributed by atoms with E-state index in [1.54, 1.807) is 17.0 Å². The van der Waals surface area contributed by atoms with E-state index in [4.69, 9.17) is 15.6 Å². The highest BCUT2D eigenvalue weighted by molar-refractivity contribution is 5.98. The third-order valence-corrected chi connectivity index (χ3v) is 6.24. The molecule has 2 N–H and O–H groups in total. The summed E-state index contributed by atoms with van der Waals surface area (Å²) in [6, 6.07) is 11.6. The smallest absolute Gasteiger partial charge is 0.246 e. The minimum Gasteiger partial charge on any atom is -0.457 e. The Bertz CT molecular complexity index is 1420. The van der Waals surface area contributed by atoms with Crippen LogP contribution >= 0.6 is 0 Å². The maximum Gasteiger partial charge on any atom is 0.246 e. The molecule has 3 heterocycles. The number of anilines is 1. The molecule has 2 aromatic heterocycles. The molecule has 1 amide bonds. The summed E-state index contributed by atoms with van der Waals surface area (Å²) >= 11 is 0. The lowest BCUT2D eigenvalue weighted by molar-refractivity contribution is -0.127. The number of hydrogen-bond donors (Lipinski definition) is 1. The minimum atomic E-state index is -0.318. The van der Waals surface area contributed by atoms with Crippen LogP contribution in [0.25, 0.3) is 22.3 Å². The number of nitrogens with zero attached hydrogens (tertiary/aromatic N) is 5. The molecule has 0 radical (unpaired) electrons. The Labute approximate surface area is 201 Å². The Morgan fingerprint density at radius 1 is 1.23 bits per heavy atom. The number of carbonyl (C=O) groups is 1. The number of amides is 1. The summed E-state index contributed by atoms with van der Waals surface area (Å²) in [6.07, 6.45) is 4.49. The van der Waals surface area contributed by atoms with Gasteiger partial charge in [0.25, 0.3) is 0 Å². The molecule has 1 atom stereocenters. The number of aryl methyl sites for hydroxylation is 1. The summed E-state index contributed by atoms with van der Waals surface area (Å²) in [6.45, 7) is 6.75. The van der Waals surface area contributed by atoms with Crippen molar-refractivity contribution in [3.05, 3.63) is 72.8 Å². The van der Waals surface area contributed by atoms with Gasteiger partial charge in [-0.3, -0.25) is 4.79 Å². The second kappa shape index (κ2) is 9.17. The maximum atomic E-state index is 13.2. The van der Waals surface area contributed by atoms with Gasteiger partial charge < -0.3 is 15.4 Å². The summed E-state index contributed by atoms with van der Waals surface area (Å²) in [7, 11) is 0. The fraction of sp³-hybridized carbons (Fsp3) is 0.231. The maximum absolute atomic E-state index is 13.2. The monoisotopic (exact) mass is 472 g/mol. The summed E-state index contributed by atoms with van der Waals surface area (Å²) in [5.41, 5.74) is 9.30. The highest BCUT2D eigenvalue weighted by Gasteiger charge is 2.28. The Hall–Kier alpha value is -4.27. The zero-order valence-electron chi connectivity index (χ0n) is 19.3. The first-order chi connectivity index (χ1) is 16.9. The standard InChI is InChI=1S/C26H25FN6O2/c1-3-22(34)32-12-4-5-19(14-32)33-26-23(25(28)29-15-30-26)24(31-33)17-6-11-21(16(2)13-17)35-20-9-7-18(27)8-10-20/h3,6-11,13,15,19H,1,4-5,12,14H2,2H3,(H2,28,29,30). The number of likely N-dealkylation sites (tertiary alicyclic amines) is 1. The van der Waals surface area contributed by atoms with Crippen molar-refractivity contribution in [2.24, 2.45) is 0 Å². The van der Waals surface area contributed by atoms with Gasteiger partial charge >= 0.3 is 0 Å². The predicted molar refractivity (Wildman–Crippen MR) is 131 cm³/mol. The van der Waals surface area contributed by atoms with E-state index < -0.39 is 0 Å². The lowest BCUT2D eigenvalue weighted by Crippen LogP contribution is -2.40. The van der Waals surface area contributed by atoms with Crippen molar-refractivity contribution in [1.29, 1.82) is 0 Å². The van der Waals surface area contributed by atoms with Gasteiger partial charge in [0, 0.05) is 18.7 Å². The summed E-state index contributed by atoms with van der Waals surface area (Å²) in [5, 5.41) is 5.59. The fourth-order valence-electron chi connectivity index (χ4n) is 4.48. The van der Waals surface area contributed by atoms with Gasteiger partial charge in [0.2, 0.25) is 5.91 Å². The topological polar surface area (TPSA) is 99.2 Å². The normalized spacial score (nSPS) is 15.8. The zero-order valence-corrected chi connectivity index (χ0v) is 19.3. The van der Waals surface area contributed by atoms with Crippen LogP contribution in [0.5, 0.6) is 11.5 Å². The number of fused-ring (bicyclic) bond motifs is 1. The second-order valence-electron chi connectivity index (χ2n) is 8.57. The van der Waals surface area contributed by atoms with Crippen LogP contribution in [-0.2, 0) is 4.79 Å².